The van der Waals surface area contributed by atoms with Crippen LogP contribution in [0.5, 0.6) is 0 Å². The highest BCUT2D eigenvalue weighted by molar-refractivity contribution is 7.71. The first kappa shape index (κ1) is 18.8. The van der Waals surface area contributed by atoms with Gasteiger partial charge in [-0.3, -0.25) is 15.0 Å². The lowest BCUT2D eigenvalue weighted by atomic mass is 10.1. The number of carbonyl (C=O) groups is 1. The average Bonchev–Trinajstić information content (AvgIpc) is 3.22. The number of benzene rings is 1. The summed E-state index contributed by atoms with van der Waals surface area (Å²) >= 11 is 8.32. The number of rotatable bonds is 4. The third-order valence-electron chi connectivity index (χ3n) is 4.60. The van der Waals surface area contributed by atoms with Crippen LogP contribution in [-0.2, 0) is 6.42 Å². The first-order valence-corrected chi connectivity index (χ1v) is 10.7. The van der Waals surface area contributed by atoms with Gasteiger partial charge in [0.2, 0.25) is 4.77 Å². The zero-order valence-electron chi connectivity index (χ0n) is 15.2. The minimum Gasteiger partial charge on any atom is -0.322 e. The second-order valence-electron chi connectivity index (χ2n) is 6.46. The van der Waals surface area contributed by atoms with Crippen molar-refractivity contribution in [1.29, 1.82) is 0 Å². The van der Waals surface area contributed by atoms with Crippen LogP contribution in [0, 0.1) is 18.6 Å². The van der Waals surface area contributed by atoms with Crippen molar-refractivity contribution in [3.63, 3.8) is 0 Å². The molecule has 0 atom stereocenters. The standard InChI is InChI=1S/C20H17N3O2S3/c1-11-12(2)27-10-16(11)17(24)22-23-19(25)15-9-14(28-18(15)21-20(23)26)8-13-6-4-3-5-7-13/h3-7,9-10H,8H2,1-2H3,(H,21,26)(H,22,24). The van der Waals surface area contributed by atoms with E-state index in [0.717, 1.165) is 26.4 Å². The maximum atomic E-state index is 12.9. The van der Waals surface area contributed by atoms with E-state index in [4.69, 9.17) is 12.2 Å². The van der Waals surface area contributed by atoms with Crippen LogP contribution in [0.25, 0.3) is 10.2 Å². The summed E-state index contributed by atoms with van der Waals surface area (Å²) in [6, 6.07) is 11.9. The van der Waals surface area contributed by atoms with Crippen LogP contribution in [0.4, 0.5) is 0 Å². The highest BCUT2D eigenvalue weighted by Gasteiger charge is 2.16. The molecule has 0 fully saturated rings. The third-order valence-corrected chi connectivity index (χ3v) is 6.95. The number of nitrogens with zero attached hydrogens (tertiary/aromatic N) is 1. The van der Waals surface area contributed by atoms with Gasteiger partial charge in [-0.2, -0.15) is 4.68 Å². The quantitative estimate of drug-likeness (QED) is 0.461. The number of carbonyl (C=O) groups excluding carboxylic acids is 1. The average molecular weight is 428 g/mol. The molecule has 3 heterocycles. The summed E-state index contributed by atoms with van der Waals surface area (Å²) in [6.07, 6.45) is 0.736. The van der Waals surface area contributed by atoms with Gasteiger partial charge < -0.3 is 4.98 Å². The number of aromatic nitrogens is 2. The van der Waals surface area contributed by atoms with Crippen molar-refractivity contribution in [2.75, 3.05) is 5.43 Å². The summed E-state index contributed by atoms with van der Waals surface area (Å²) in [5, 5.41) is 2.31. The molecule has 142 valence electrons. The summed E-state index contributed by atoms with van der Waals surface area (Å²) < 4.78 is 1.29. The maximum absolute atomic E-state index is 12.9. The highest BCUT2D eigenvalue weighted by Crippen LogP contribution is 2.24. The number of thiophene rings is 2. The largest absolute Gasteiger partial charge is 0.322 e. The molecule has 28 heavy (non-hydrogen) atoms. The minimum atomic E-state index is -0.345. The van der Waals surface area contributed by atoms with Crippen molar-refractivity contribution in [3.8, 4) is 0 Å². The van der Waals surface area contributed by atoms with E-state index in [1.54, 1.807) is 5.38 Å². The first-order valence-electron chi connectivity index (χ1n) is 8.62. The topological polar surface area (TPSA) is 66.9 Å². The van der Waals surface area contributed by atoms with E-state index in [-0.39, 0.29) is 16.2 Å². The molecule has 3 aromatic heterocycles. The number of fused-ring (bicyclic) bond motifs is 1. The third kappa shape index (κ3) is 3.46. The van der Waals surface area contributed by atoms with Crippen LogP contribution in [-0.4, -0.2) is 15.6 Å². The van der Waals surface area contributed by atoms with Crippen molar-refractivity contribution >= 4 is 51.0 Å². The van der Waals surface area contributed by atoms with Gasteiger partial charge in [-0.05, 0) is 43.3 Å². The van der Waals surface area contributed by atoms with E-state index in [1.165, 1.54) is 28.2 Å². The van der Waals surface area contributed by atoms with Gasteiger partial charge in [-0.1, -0.05) is 30.3 Å². The van der Waals surface area contributed by atoms with Crippen LogP contribution < -0.4 is 11.0 Å². The minimum absolute atomic E-state index is 0.170. The number of H-pyrrole nitrogens is 1. The summed E-state index contributed by atoms with van der Waals surface area (Å²) in [5.41, 5.74) is 4.95. The Hall–Kier alpha value is -2.55. The summed E-state index contributed by atoms with van der Waals surface area (Å²) in [4.78, 5) is 31.5. The van der Waals surface area contributed by atoms with Gasteiger partial charge in [0.25, 0.3) is 11.5 Å². The number of hydrogen-bond acceptors (Lipinski definition) is 5. The van der Waals surface area contributed by atoms with Crippen molar-refractivity contribution in [1.82, 2.24) is 9.66 Å². The molecule has 0 saturated heterocycles. The van der Waals surface area contributed by atoms with Gasteiger partial charge in [0.15, 0.2) is 0 Å². The van der Waals surface area contributed by atoms with Crippen LogP contribution in [0.15, 0.2) is 46.6 Å². The fourth-order valence-electron chi connectivity index (χ4n) is 2.94. The molecule has 0 spiro atoms. The molecule has 5 nitrogen and oxygen atoms in total. The number of amides is 1. The second kappa shape index (κ2) is 7.46. The molecule has 4 rings (SSSR count). The predicted octanol–water partition coefficient (Wildman–Crippen LogP) is 4.77. The van der Waals surface area contributed by atoms with Gasteiger partial charge in [-0.15, -0.1) is 22.7 Å². The molecule has 1 aromatic carbocycles. The van der Waals surface area contributed by atoms with E-state index in [1.807, 2.05) is 38.1 Å². The van der Waals surface area contributed by atoms with Gasteiger partial charge >= 0.3 is 0 Å². The Morgan fingerprint density at radius 2 is 2.00 bits per heavy atom. The van der Waals surface area contributed by atoms with E-state index in [9.17, 15) is 9.59 Å². The number of nitrogens with one attached hydrogen (secondary N) is 2. The summed E-state index contributed by atoms with van der Waals surface area (Å²) in [7, 11) is 0. The Morgan fingerprint density at radius 1 is 1.25 bits per heavy atom. The molecule has 0 aliphatic heterocycles. The van der Waals surface area contributed by atoms with E-state index >= 15 is 0 Å². The van der Waals surface area contributed by atoms with Crippen molar-refractivity contribution < 1.29 is 4.79 Å². The molecule has 8 heteroatoms. The lowest BCUT2D eigenvalue weighted by molar-refractivity contribution is 0.101. The lowest BCUT2D eigenvalue weighted by Gasteiger charge is -2.08. The summed E-state index contributed by atoms with van der Waals surface area (Å²) in [5.74, 6) is -0.345. The molecule has 0 aliphatic carbocycles. The Kier molecular flexibility index (Phi) is 5.01. The Balaban J connectivity index is 1.70. The molecule has 0 radical (unpaired) electrons. The molecule has 0 aliphatic rings. The van der Waals surface area contributed by atoms with Crippen molar-refractivity contribution in [2.24, 2.45) is 0 Å². The zero-order valence-corrected chi connectivity index (χ0v) is 17.7. The highest BCUT2D eigenvalue weighted by atomic mass is 32.1. The fraction of sp³-hybridized carbons (Fsp3) is 0.150. The predicted molar refractivity (Wildman–Crippen MR) is 118 cm³/mol. The number of hydrogen-bond donors (Lipinski definition) is 2. The molecule has 4 aromatic rings. The Bertz CT molecular complexity index is 1300. The molecular weight excluding hydrogens is 410 g/mol. The SMILES string of the molecule is Cc1scc(C(=O)Nn2c(=S)[nH]c3sc(Cc4ccccc4)cc3c2=O)c1C. The summed E-state index contributed by atoms with van der Waals surface area (Å²) in [6.45, 7) is 3.85. The van der Waals surface area contributed by atoms with Crippen molar-refractivity contribution in [2.45, 2.75) is 20.3 Å². The van der Waals surface area contributed by atoms with Crippen molar-refractivity contribution in [3.05, 3.63) is 83.3 Å². The molecular formula is C20H17N3O2S3. The Morgan fingerprint density at radius 3 is 2.68 bits per heavy atom. The molecule has 0 bridgehead atoms. The molecule has 1 amide bonds. The zero-order chi connectivity index (χ0) is 19.8. The van der Waals surface area contributed by atoms with Crippen LogP contribution in [0.3, 0.4) is 0 Å². The molecule has 0 saturated carbocycles. The maximum Gasteiger partial charge on any atom is 0.282 e. The van der Waals surface area contributed by atoms with Gasteiger partial charge in [0, 0.05) is 21.6 Å². The van der Waals surface area contributed by atoms with E-state index < -0.39 is 0 Å². The van der Waals surface area contributed by atoms with Gasteiger partial charge in [-0.25, -0.2) is 0 Å². The first-order chi connectivity index (χ1) is 13.4. The van der Waals surface area contributed by atoms with Crippen LogP contribution in [0.2, 0.25) is 0 Å². The van der Waals surface area contributed by atoms with Crippen LogP contribution >= 0.6 is 34.9 Å². The normalized spacial score (nSPS) is 11.1. The number of aromatic amines is 1. The lowest BCUT2D eigenvalue weighted by Crippen LogP contribution is -2.34. The molecule has 2 N–H and O–H groups in total. The Labute approximate surface area is 174 Å². The van der Waals surface area contributed by atoms with Crippen LogP contribution in [0.1, 0.15) is 31.2 Å². The second-order valence-corrected chi connectivity index (χ2v) is 9.07. The van der Waals surface area contributed by atoms with Gasteiger partial charge in [0.1, 0.15) is 4.83 Å². The smallest absolute Gasteiger partial charge is 0.282 e. The number of aryl methyl sites for hydroxylation is 1. The monoisotopic (exact) mass is 427 g/mol. The fourth-order valence-corrected chi connectivity index (χ4v) is 5.19. The van der Waals surface area contributed by atoms with E-state index in [2.05, 4.69) is 22.5 Å². The molecule has 0 unspecified atom stereocenters. The van der Waals surface area contributed by atoms with Gasteiger partial charge in [0.05, 0.1) is 10.9 Å². The van der Waals surface area contributed by atoms with E-state index in [0.29, 0.717) is 15.8 Å².